The van der Waals surface area contributed by atoms with Gasteiger partial charge in [-0.05, 0) is 12.1 Å². The number of carbonyl (C=O) groups excluding carboxylic acids is 1. The third-order valence-corrected chi connectivity index (χ3v) is 2.57. The molecule has 2 aromatic rings. The van der Waals surface area contributed by atoms with E-state index in [1.165, 1.54) is 7.05 Å². The smallest absolute Gasteiger partial charge is 0.256 e. The molecule has 1 aromatic carbocycles. The lowest BCUT2D eigenvalue weighted by Crippen LogP contribution is -2.26. The Labute approximate surface area is 92.5 Å². The van der Waals surface area contributed by atoms with Crippen molar-refractivity contribution in [1.82, 2.24) is 9.88 Å². The molecule has 82 valence electrons. The molecule has 2 rings (SSSR count). The van der Waals surface area contributed by atoms with E-state index in [-0.39, 0.29) is 16.9 Å². The van der Waals surface area contributed by atoms with Crippen LogP contribution in [0.25, 0.3) is 10.9 Å². The predicted octanol–water partition coefficient (Wildman–Crippen LogP) is 0.898. The molecular weight excluding hydrogens is 204 g/mol. The van der Waals surface area contributed by atoms with Crippen molar-refractivity contribution in [3.8, 4) is 0 Å². The van der Waals surface area contributed by atoms with E-state index in [1.54, 1.807) is 22.9 Å². The second-order valence-corrected chi connectivity index (χ2v) is 3.58. The van der Waals surface area contributed by atoms with Gasteiger partial charge in [0, 0.05) is 25.7 Å². The van der Waals surface area contributed by atoms with Crippen molar-refractivity contribution in [2.24, 2.45) is 7.05 Å². The second kappa shape index (κ2) is 3.81. The highest BCUT2D eigenvalue weighted by Gasteiger charge is 2.12. The zero-order valence-electron chi connectivity index (χ0n) is 9.15. The molecule has 0 fully saturated rings. The van der Waals surface area contributed by atoms with Crippen molar-refractivity contribution in [2.75, 3.05) is 7.05 Å². The number of pyridine rings is 1. The van der Waals surface area contributed by atoms with Crippen LogP contribution in [0, 0.1) is 0 Å². The van der Waals surface area contributed by atoms with Gasteiger partial charge in [-0.3, -0.25) is 9.59 Å². The highest BCUT2D eigenvalue weighted by atomic mass is 16.2. The SMILES string of the molecule is CNC(=O)c1cn(C)c2ccccc2c1=O. The van der Waals surface area contributed by atoms with Crippen LogP contribution < -0.4 is 10.7 Å². The fourth-order valence-corrected chi connectivity index (χ4v) is 1.74. The minimum absolute atomic E-state index is 0.170. The number of aryl methyl sites for hydroxylation is 1. The number of rotatable bonds is 1. The predicted molar refractivity (Wildman–Crippen MR) is 62.6 cm³/mol. The summed E-state index contributed by atoms with van der Waals surface area (Å²) < 4.78 is 1.78. The van der Waals surface area contributed by atoms with Crippen LogP contribution in [-0.2, 0) is 7.05 Å². The van der Waals surface area contributed by atoms with Gasteiger partial charge in [0.1, 0.15) is 5.56 Å². The van der Waals surface area contributed by atoms with Gasteiger partial charge in [-0.15, -0.1) is 0 Å². The maximum atomic E-state index is 12.0. The summed E-state index contributed by atoms with van der Waals surface area (Å²) in [6.45, 7) is 0. The van der Waals surface area contributed by atoms with E-state index in [2.05, 4.69) is 5.32 Å². The topological polar surface area (TPSA) is 51.1 Å². The van der Waals surface area contributed by atoms with Crippen LogP contribution in [-0.4, -0.2) is 17.5 Å². The number of hydrogen-bond acceptors (Lipinski definition) is 2. The fraction of sp³-hybridized carbons (Fsp3) is 0.167. The molecule has 0 radical (unpaired) electrons. The first-order chi connectivity index (χ1) is 7.65. The quantitative estimate of drug-likeness (QED) is 0.770. The molecule has 0 saturated carbocycles. The van der Waals surface area contributed by atoms with Crippen LogP contribution in [0.2, 0.25) is 0 Å². The summed E-state index contributed by atoms with van der Waals surface area (Å²) >= 11 is 0. The first-order valence-electron chi connectivity index (χ1n) is 4.95. The number of fused-ring (bicyclic) bond motifs is 1. The second-order valence-electron chi connectivity index (χ2n) is 3.58. The zero-order chi connectivity index (χ0) is 11.7. The van der Waals surface area contributed by atoms with Crippen molar-refractivity contribution in [1.29, 1.82) is 0 Å². The van der Waals surface area contributed by atoms with Crippen molar-refractivity contribution < 1.29 is 4.79 Å². The third-order valence-electron chi connectivity index (χ3n) is 2.57. The molecule has 0 bridgehead atoms. The Balaban J connectivity index is 2.86. The van der Waals surface area contributed by atoms with Gasteiger partial charge >= 0.3 is 0 Å². The van der Waals surface area contributed by atoms with Gasteiger partial charge in [0.05, 0.1) is 5.52 Å². The Hall–Kier alpha value is -2.10. The molecule has 4 heteroatoms. The highest BCUT2D eigenvalue weighted by Crippen LogP contribution is 2.09. The van der Waals surface area contributed by atoms with Crippen molar-refractivity contribution in [2.45, 2.75) is 0 Å². The maximum Gasteiger partial charge on any atom is 0.256 e. The van der Waals surface area contributed by atoms with Crippen LogP contribution in [0.1, 0.15) is 10.4 Å². The summed E-state index contributed by atoms with van der Waals surface area (Å²) in [5, 5.41) is 3.02. The Morgan fingerprint density at radius 1 is 1.31 bits per heavy atom. The number of benzene rings is 1. The molecule has 0 aliphatic carbocycles. The lowest BCUT2D eigenvalue weighted by Gasteiger charge is -2.07. The molecule has 1 aromatic heterocycles. The lowest BCUT2D eigenvalue weighted by molar-refractivity contribution is 0.0961. The van der Waals surface area contributed by atoms with Crippen LogP contribution in [0.5, 0.6) is 0 Å². The van der Waals surface area contributed by atoms with E-state index >= 15 is 0 Å². The summed E-state index contributed by atoms with van der Waals surface area (Å²) in [6.07, 6.45) is 1.56. The van der Waals surface area contributed by atoms with Gasteiger partial charge in [-0.25, -0.2) is 0 Å². The monoisotopic (exact) mass is 216 g/mol. The summed E-state index contributed by atoms with van der Waals surface area (Å²) in [7, 11) is 3.32. The van der Waals surface area contributed by atoms with Crippen LogP contribution in [0.3, 0.4) is 0 Å². The Morgan fingerprint density at radius 3 is 2.69 bits per heavy atom. The molecule has 4 nitrogen and oxygen atoms in total. The normalized spacial score (nSPS) is 10.4. The highest BCUT2D eigenvalue weighted by molar-refractivity contribution is 5.97. The molecule has 1 N–H and O–H groups in total. The molecule has 1 amide bonds. The number of hydrogen-bond donors (Lipinski definition) is 1. The van der Waals surface area contributed by atoms with Crippen molar-refractivity contribution in [3.05, 3.63) is 46.2 Å². The Morgan fingerprint density at radius 2 is 2.00 bits per heavy atom. The van der Waals surface area contributed by atoms with Gasteiger partial charge in [0.15, 0.2) is 0 Å². The first-order valence-corrected chi connectivity index (χ1v) is 4.95. The average molecular weight is 216 g/mol. The number of carbonyl (C=O) groups is 1. The number of nitrogens with one attached hydrogen (secondary N) is 1. The van der Waals surface area contributed by atoms with Gasteiger partial charge in [0.2, 0.25) is 5.43 Å². The molecule has 16 heavy (non-hydrogen) atoms. The fourth-order valence-electron chi connectivity index (χ4n) is 1.74. The van der Waals surface area contributed by atoms with E-state index in [0.717, 1.165) is 5.52 Å². The van der Waals surface area contributed by atoms with Crippen LogP contribution in [0.15, 0.2) is 35.3 Å². The maximum absolute atomic E-state index is 12.0. The van der Waals surface area contributed by atoms with E-state index in [9.17, 15) is 9.59 Å². The molecule has 0 aliphatic heterocycles. The van der Waals surface area contributed by atoms with E-state index in [1.807, 2.05) is 19.2 Å². The molecule has 0 atom stereocenters. The minimum Gasteiger partial charge on any atom is -0.355 e. The minimum atomic E-state index is -0.355. The molecule has 0 aliphatic rings. The summed E-state index contributed by atoms with van der Waals surface area (Å²) in [4.78, 5) is 23.5. The number of aromatic nitrogens is 1. The molecule has 1 heterocycles. The summed E-state index contributed by atoms with van der Waals surface area (Å²) in [6, 6.07) is 7.23. The molecule has 0 unspecified atom stereocenters. The van der Waals surface area contributed by atoms with Gasteiger partial charge in [-0.2, -0.15) is 0 Å². The average Bonchev–Trinajstić information content (AvgIpc) is 2.33. The first kappa shape index (κ1) is 10.4. The lowest BCUT2D eigenvalue weighted by atomic mass is 10.1. The van der Waals surface area contributed by atoms with Gasteiger partial charge in [0.25, 0.3) is 5.91 Å². The number of amides is 1. The standard InChI is InChI=1S/C12H12N2O2/c1-13-12(16)9-7-14(2)10-6-4-3-5-8(10)11(9)15/h3-7H,1-2H3,(H,13,16). The van der Waals surface area contributed by atoms with E-state index in [4.69, 9.17) is 0 Å². The largest absolute Gasteiger partial charge is 0.355 e. The van der Waals surface area contributed by atoms with E-state index in [0.29, 0.717) is 5.39 Å². The zero-order valence-corrected chi connectivity index (χ0v) is 9.15. The van der Waals surface area contributed by atoms with Crippen molar-refractivity contribution >= 4 is 16.8 Å². The molecular formula is C12H12N2O2. The Bertz CT molecular complexity index is 614. The Kier molecular flexibility index (Phi) is 2.48. The van der Waals surface area contributed by atoms with Gasteiger partial charge < -0.3 is 9.88 Å². The number of nitrogens with zero attached hydrogens (tertiary/aromatic N) is 1. The number of para-hydroxylation sites is 1. The third kappa shape index (κ3) is 1.48. The van der Waals surface area contributed by atoms with Gasteiger partial charge in [-0.1, -0.05) is 12.1 Å². The molecule has 0 saturated heterocycles. The van der Waals surface area contributed by atoms with Crippen LogP contribution >= 0.6 is 0 Å². The van der Waals surface area contributed by atoms with E-state index < -0.39 is 0 Å². The summed E-state index contributed by atoms with van der Waals surface area (Å²) in [5.41, 5.74) is 0.761. The van der Waals surface area contributed by atoms with Crippen molar-refractivity contribution in [3.63, 3.8) is 0 Å². The van der Waals surface area contributed by atoms with Crippen LogP contribution in [0.4, 0.5) is 0 Å². The molecule has 0 spiro atoms. The summed E-state index contributed by atoms with van der Waals surface area (Å²) in [5.74, 6) is -0.355.